The van der Waals surface area contributed by atoms with Gasteiger partial charge in [-0.05, 0) is 52.7 Å². The van der Waals surface area contributed by atoms with Crippen molar-refractivity contribution >= 4 is 21.7 Å². The quantitative estimate of drug-likeness (QED) is 0.782. The third kappa shape index (κ3) is 1.80. The van der Waals surface area contributed by atoms with Crippen LogP contribution in [0, 0.1) is 17.8 Å². The lowest BCUT2D eigenvalue weighted by molar-refractivity contribution is 0.0949. The van der Waals surface area contributed by atoms with E-state index in [1.807, 2.05) is 12.1 Å². The number of fused-ring (bicyclic) bond motifs is 2. The monoisotopic (exact) mass is 322 g/mol. The Morgan fingerprint density at radius 2 is 1.74 bits per heavy atom. The molecule has 3 aliphatic rings. The lowest BCUT2D eigenvalue weighted by Crippen LogP contribution is -2.16. The van der Waals surface area contributed by atoms with Crippen molar-refractivity contribution in [2.45, 2.75) is 19.3 Å². The predicted molar refractivity (Wildman–Crippen MR) is 73.8 cm³/mol. The van der Waals surface area contributed by atoms with Gasteiger partial charge in [-0.25, -0.2) is 0 Å². The second kappa shape index (κ2) is 4.23. The van der Waals surface area contributed by atoms with E-state index >= 15 is 0 Å². The highest BCUT2D eigenvalue weighted by molar-refractivity contribution is 9.10. The van der Waals surface area contributed by atoms with Gasteiger partial charge in [0.25, 0.3) is 0 Å². The molecule has 1 heterocycles. The number of Topliss-reactive ketones (excluding diaryl/α,β-unsaturated/α-hetero) is 1. The molecule has 0 amide bonds. The van der Waals surface area contributed by atoms with E-state index in [9.17, 15) is 4.79 Å². The van der Waals surface area contributed by atoms with Gasteiger partial charge in [-0.15, -0.1) is 0 Å². The number of rotatable bonds is 2. The van der Waals surface area contributed by atoms with Gasteiger partial charge < -0.3 is 9.47 Å². The summed E-state index contributed by atoms with van der Waals surface area (Å²) in [5.41, 5.74) is 0.753. The standard InChI is InChI=1S/C15H15BrO3/c16-11-7-13-12(18-4-5-19-13)6-10(11)15(17)14-8-2-1-3-9(8)14/h6-9,14H,1-5H2. The molecule has 19 heavy (non-hydrogen) atoms. The highest BCUT2D eigenvalue weighted by atomic mass is 79.9. The molecule has 4 heteroatoms. The van der Waals surface area contributed by atoms with Gasteiger partial charge in [-0.2, -0.15) is 0 Å². The van der Waals surface area contributed by atoms with Crippen LogP contribution in [0.5, 0.6) is 11.5 Å². The third-order valence-corrected chi connectivity index (χ3v) is 5.26. The molecule has 1 aliphatic heterocycles. The van der Waals surface area contributed by atoms with E-state index in [1.54, 1.807) is 0 Å². The number of hydrogen-bond donors (Lipinski definition) is 0. The van der Waals surface area contributed by atoms with Gasteiger partial charge >= 0.3 is 0 Å². The Labute approximate surface area is 120 Å². The fourth-order valence-electron chi connectivity index (χ4n) is 3.64. The smallest absolute Gasteiger partial charge is 0.167 e. The summed E-state index contributed by atoms with van der Waals surface area (Å²) in [6, 6.07) is 3.70. The molecule has 100 valence electrons. The largest absolute Gasteiger partial charge is 0.486 e. The van der Waals surface area contributed by atoms with Crippen LogP contribution in [0.1, 0.15) is 29.6 Å². The SMILES string of the molecule is O=C(c1cc2c(cc1Br)OCCO2)C1C2CCCC21. The van der Waals surface area contributed by atoms with Crippen molar-refractivity contribution in [1.29, 1.82) is 0 Å². The van der Waals surface area contributed by atoms with Crippen molar-refractivity contribution in [3.63, 3.8) is 0 Å². The molecular formula is C15H15BrO3. The van der Waals surface area contributed by atoms with Crippen molar-refractivity contribution < 1.29 is 14.3 Å². The Morgan fingerprint density at radius 3 is 2.42 bits per heavy atom. The molecule has 0 bridgehead atoms. The van der Waals surface area contributed by atoms with E-state index in [-0.39, 0.29) is 11.7 Å². The number of carbonyl (C=O) groups is 1. The zero-order valence-electron chi connectivity index (χ0n) is 10.5. The fourth-order valence-corrected chi connectivity index (χ4v) is 4.16. The second-order valence-corrected chi connectivity index (χ2v) is 6.48. The van der Waals surface area contributed by atoms with E-state index in [2.05, 4.69) is 15.9 Å². The summed E-state index contributed by atoms with van der Waals surface area (Å²) >= 11 is 3.50. The topological polar surface area (TPSA) is 35.5 Å². The Bertz CT molecular complexity index is 545. The van der Waals surface area contributed by atoms with Crippen LogP contribution in [0.25, 0.3) is 0 Å². The first-order chi connectivity index (χ1) is 9.25. The van der Waals surface area contributed by atoms with Crippen LogP contribution < -0.4 is 9.47 Å². The molecule has 0 N–H and O–H groups in total. The van der Waals surface area contributed by atoms with Crippen LogP contribution in [0.2, 0.25) is 0 Å². The Balaban J connectivity index is 1.65. The van der Waals surface area contributed by atoms with Crippen LogP contribution in [0.15, 0.2) is 16.6 Å². The zero-order chi connectivity index (χ0) is 13.0. The first-order valence-corrected chi connectivity index (χ1v) is 7.68. The van der Waals surface area contributed by atoms with Crippen molar-refractivity contribution in [3.8, 4) is 11.5 Å². The average Bonchev–Trinajstić information content (AvgIpc) is 2.90. The molecule has 0 aromatic heterocycles. The van der Waals surface area contributed by atoms with Crippen molar-refractivity contribution in [1.82, 2.24) is 0 Å². The van der Waals surface area contributed by atoms with Crippen LogP contribution >= 0.6 is 15.9 Å². The lowest BCUT2D eigenvalue weighted by Gasteiger charge is -2.19. The molecule has 2 saturated carbocycles. The van der Waals surface area contributed by atoms with E-state index in [0.717, 1.165) is 15.8 Å². The van der Waals surface area contributed by atoms with E-state index in [4.69, 9.17) is 9.47 Å². The minimum atomic E-state index is 0.257. The minimum Gasteiger partial charge on any atom is -0.486 e. The predicted octanol–water partition coefficient (Wildman–Crippen LogP) is 3.45. The van der Waals surface area contributed by atoms with E-state index in [0.29, 0.717) is 30.8 Å². The molecular weight excluding hydrogens is 308 g/mol. The number of ether oxygens (including phenoxy) is 2. The lowest BCUT2D eigenvalue weighted by atomic mass is 10.0. The molecule has 0 spiro atoms. The van der Waals surface area contributed by atoms with Gasteiger partial charge in [-0.1, -0.05) is 6.42 Å². The van der Waals surface area contributed by atoms with Crippen LogP contribution in [-0.2, 0) is 0 Å². The molecule has 2 fully saturated rings. The van der Waals surface area contributed by atoms with Crippen molar-refractivity contribution in [2.24, 2.45) is 17.8 Å². The molecule has 4 rings (SSSR count). The van der Waals surface area contributed by atoms with E-state index in [1.165, 1.54) is 19.3 Å². The van der Waals surface area contributed by atoms with Gasteiger partial charge in [-0.3, -0.25) is 4.79 Å². The molecule has 0 saturated heterocycles. The summed E-state index contributed by atoms with van der Waals surface area (Å²) in [6.07, 6.45) is 3.74. The summed E-state index contributed by atoms with van der Waals surface area (Å²) in [5, 5.41) is 0. The normalized spacial score (nSPS) is 30.9. The molecule has 2 unspecified atom stereocenters. The minimum absolute atomic E-state index is 0.257. The zero-order valence-corrected chi connectivity index (χ0v) is 12.1. The molecule has 3 nitrogen and oxygen atoms in total. The summed E-state index contributed by atoms with van der Waals surface area (Å²) in [5.74, 6) is 3.25. The molecule has 2 atom stereocenters. The molecule has 2 aliphatic carbocycles. The number of carbonyl (C=O) groups excluding carboxylic acids is 1. The number of ketones is 1. The highest BCUT2D eigenvalue weighted by Crippen LogP contribution is 2.59. The molecule has 1 aromatic carbocycles. The molecule has 0 radical (unpaired) electrons. The Kier molecular flexibility index (Phi) is 2.62. The van der Waals surface area contributed by atoms with E-state index < -0.39 is 0 Å². The van der Waals surface area contributed by atoms with Gasteiger partial charge in [0.1, 0.15) is 13.2 Å². The van der Waals surface area contributed by atoms with Gasteiger partial charge in [0, 0.05) is 16.0 Å². The molecule has 1 aromatic rings. The number of halogens is 1. The maximum atomic E-state index is 12.6. The first-order valence-electron chi connectivity index (χ1n) is 6.89. The first kappa shape index (κ1) is 11.8. The summed E-state index contributed by atoms with van der Waals surface area (Å²) in [7, 11) is 0. The van der Waals surface area contributed by atoms with Gasteiger partial charge in [0.2, 0.25) is 0 Å². The third-order valence-electron chi connectivity index (χ3n) is 4.61. The maximum Gasteiger partial charge on any atom is 0.167 e. The average molecular weight is 323 g/mol. The van der Waals surface area contributed by atoms with Crippen LogP contribution in [-0.4, -0.2) is 19.0 Å². The van der Waals surface area contributed by atoms with Gasteiger partial charge in [0.05, 0.1) is 0 Å². The number of benzene rings is 1. The van der Waals surface area contributed by atoms with Crippen LogP contribution in [0.4, 0.5) is 0 Å². The summed E-state index contributed by atoms with van der Waals surface area (Å²) < 4.78 is 11.9. The second-order valence-electron chi connectivity index (χ2n) is 5.62. The van der Waals surface area contributed by atoms with Crippen molar-refractivity contribution in [2.75, 3.05) is 13.2 Å². The van der Waals surface area contributed by atoms with Gasteiger partial charge in [0.15, 0.2) is 17.3 Å². The summed E-state index contributed by atoms with van der Waals surface area (Å²) in [6.45, 7) is 1.12. The number of hydrogen-bond acceptors (Lipinski definition) is 3. The maximum absolute atomic E-state index is 12.6. The highest BCUT2D eigenvalue weighted by Gasteiger charge is 2.56. The summed E-state index contributed by atoms with van der Waals surface area (Å²) in [4.78, 5) is 12.6. The fraction of sp³-hybridized carbons (Fsp3) is 0.533. The Morgan fingerprint density at radius 1 is 1.11 bits per heavy atom. The van der Waals surface area contributed by atoms with Crippen LogP contribution in [0.3, 0.4) is 0 Å². The Hall–Kier alpha value is -1.03. The van der Waals surface area contributed by atoms with Crippen molar-refractivity contribution in [3.05, 3.63) is 22.2 Å².